The van der Waals surface area contributed by atoms with E-state index in [9.17, 15) is 14.7 Å². The summed E-state index contributed by atoms with van der Waals surface area (Å²) >= 11 is 0. The van der Waals surface area contributed by atoms with Crippen molar-refractivity contribution in [2.24, 2.45) is 0 Å². The lowest BCUT2D eigenvalue weighted by molar-refractivity contribution is -0.149. The van der Waals surface area contributed by atoms with Crippen LogP contribution in [0.3, 0.4) is 0 Å². The first-order valence-corrected chi connectivity index (χ1v) is 6.99. The zero-order valence-corrected chi connectivity index (χ0v) is 13.4. The summed E-state index contributed by atoms with van der Waals surface area (Å²) in [7, 11) is 2.99. The van der Waals surface area contributed by atoms with Crippen molar-refractivity contribution in [2.75, 3.05) is 20.8 Å². The molecule has 0 aliphatic rings. The number of hydrogen-bond donors (Lipinski definition) is 2. The quantitative estimate of drug-likeness (QED) is 0.765. The van der Waals surface area contributed by atoms with E-state index >= 15 is 0 Å². The molecule has 1 aromatic carbocycles. The summed E-state index contributed by atoms with van der Waals surface area (Å²) in [4.78, 5) is 23.4. The average molecular weight is 309 g/mol. The van der Waals surface area contributed by atoms with Gasteiger partial charge >= 0.3 is 5.97 Å². The highest BCUT2D eigenvalue weighted by Gasteiger charge is 2.35. The molecular weight excluding hydrogens is 286 g/mol. The van der Waals surface area contributed by atoms with Crippen LogP contribution >= 0.6 is 0 Å². The molecule has 0 spiro atoms. The second-order valence-corrected chi connectivity index (χ2v) is 5.50. The molecule has 2 atom stereocenters. The number of rotatable bonds is 8. The smallest absolute Gasteiger partial charge is 0.331 e. The van der Waals surface area contributed by atoms with Crippen LogP contribution in [-0.2, 0) is 14.3 Å². The van der Waals surface area contributed by atoms with Gasteiger partial charge in [-0.25, -0.2) is 4.79 Å². The number of carboxylic acid groups (broad SMARTS) is 1. The van der Waals surface area contributed by atoms with Crippen LogP contribution in [-0.4, -0.2) is 43.3 Å². The number of carboxylic acids is 1. The lowest BCUT2D eigenvalue weighted by Crippen LogP contribution is -2.55. The standard InChI is InChI=1S/C16H23NO5/c1-11(12-5-7-13(22-4)8-6-12)9-14(18)17-16(2,10-21-3)15(19)20/h5-8,11H,9-10H2,1-4H3,(H,17,18)(H,19,20). The van der Waals surface area contributed by atoms with Crippen LogP contribution in [0.4, 0.5) is 0 Å². The fraction of sp³-hybridized carbons (Fsp3) is 0.500. The van der Waals surface area contributed by atoms with Crippen molar-refractivity contribution in [1.29, 1.82) is 0 Å². The van der Waals surface area contributed by atoms with Crippen molar-refractivity contribution in [3.8, 4) is 5.75 Å². The maximum absolute atomic E-state index is 12.1. The van der Waals surface area contributed by atoms with Gasteiger partial charge < -0.3 is 19.9 Å². The summed E-state index contributed by atoms with van der Waals surface area (Å²) < 4.78 is 9.97. The lowest BCUT2D eigenvalue weighted by Gasteiger charge is -2.26. The fourth-order valence-corrected chi connectivity index (χ4v) is 2.13. The third kappa shape index (κ3) is 4.73. The summed E-state index contributed by atoms with van der Waals surface area (Å²) in [5, 5.41) is 11.7. The van der Waals surface area contributed by atoms with Crippen molar-refractivity contribution in [3.63, 3.8) is 0 Å². The molecule has 22 heavy (non-hydrogen) atoms. The first kappa shape index (κ1) is 18.0. The molecule has 1 aromatic rings. The molecule has 0 aliphatic heterocycles. The summed E-state index contributed by atoms with van der Waals surface area (Å²) in [5.41, 5.74) is -0.439. The van der Waals surface area contributed by atoms with E-state index < -0.39 is 11.5 Å². The zero-order chi connectivity index (χ0) is 16.8. The minimum Gasteiger partial charge on any atom is -0.497 e. The van der Waals surface area contributed by atoms with Crippen molar-refractivity contribution < 1.29 is 24.2 Å². The van der Waals surface area contributed by atoms with Crippen LogP contribution < -0.4 is 10.1 Å². The predicted molar refractivity (Wildman–Crippen MR) is 82.1 cm³/mol. The second kappa shape index (κ2) is 7.79. The van der Waals surface area contributed by atoms with Crippen molar-refractivity contribution in [2.45, 2.75) is 31.7 Å². The minimum absolute atomic E-state index is 0.0357. The Morgan fingerprint density at radius 1 is 1.27 bits per heavy atom. The van der Waals surface area contributed by atoms with E-state index in [4.69, 9.17) is 9.47 Å². The number of methoxy groups -OCH3 is 2. The number of aliphatic carboxylic acids is 1. The highest BCUT2D eigenvalue weighted by molar-refractivity contribution is 5.87. The molecule has 0 saturated carbocycles. The number of hydrogen-bond acceptors (Lipinski definition) is 4. The highest BCUT2D eigenvalue weighted by atomic mass is 16.5. The van der Waals surface area contributed by atoms with Gasteiger partial charge in [-0.3, -0.25) is 4.79 Å². The molecule has 0 aliphatic carbocycles. The second-order valence-electron chi connectivity index (χ2n) is 5.50. The van der Waals surface area contributed by atoms with Crippen LogP contribution in [0.2, 0.25) is 0 Å². The Morgan fingerprint density at radius 3 is 2.32 bits per heavy atom. The molecule has 0 bridgehead atoms. The van der Waals surface area contributed by atoms with E-state index in [0.29, 0.717) is 0 Å². The van der Waals surface area contributed by atoms with Gasteiger partial charge in [0.25, 0.3) is 0 Å². The molecule has 122 valence electrons. The molecule has 0 radical (unpaired) electrons. The van der Waals surface area contributed by atoms with Crippen LogP contribution in [0.5, 0.6) is 5.75 Å². The lowest BCUT2D eigenvalue weighted by atomic mass is 9.96. The molecule has 0 heterocycles. The van der Waals surface area contributed by atoms with E-state index in [0.717, 1.165) is 11.3 Å². The number of amides is 1. The largest absolute Gasteiger partial charge is 0.497 e. The average Bonchev–Trinajstić information content (AvgIpc) is 2.47. The summed E-state index contributed by atoms with van der Waals surface area (Å²) in [6.45, 7) is 3.25. The Hall–Kier alpha value is -2.08. The molecule has 1 rings (SSSR count). The zero-order valence-electron chi connectivity index (χ0n) is 13.4. The summed E-state index contributed by atoms with van der Waals surface area (Å²) in [6.07, 6.45) is 0.193. The van der Waals surface area contributed by atoms with Gasteiger partial charge in [-0.1, -0.05) is 19.1 Å². The Balaban J connectivity index is 2.68. The number of nitrogens with one attached hydrogen (secondary N) is 1. The van der Waals surface area contributed by atoms with Gasteiger partial charge in [0.2, 0.25) is 5.91 Å². The molecule has 2 unspecified atom stereocenters. The molecule has 0 aromatic heterocycles. The van der Waals surface area contributed by atoms with Crippen LogP contribution in [0, 0.1) is 0 Å². The first-order valence-electron chi connectivity index (χ1n) is 6.99. The van der Waals surface area contributed by atoms with Crippen molar-refractivity contribution >= 4 is 11.9 Å². The van der Waals surface area contributed by atoms with E-state index in [2.05, 4.69) is 5.32 Å². The van der Waals surface area contributed by atoms with E-state index in [1.165, 1.54) is 14.0 Å². The van der Waals surface area contributed by atoms with Gasteiger partial charge in [-0.05, 0) is 30.5 Å². The molecule has 2 N–H and O–H groups in total. The molecular formula is C16H23NO5. The first-order chi connectivity index (χ1) is 10.3. The van der Waals surface area contributed by atoms with Gasteiger partial charge in [0, 0.05) is 13.5 Å². The van der Waals surface area contributed by atoms with Gasteiger partial charge in [0.05, 0.1) is 13.7 Å². The topological polar surface area (TPSA) is 84.9 Å². The maximum Gasteiger partial charge on any atom is 0.331 e. The van der Waals surface area contributed by atoms with Crippen LogP contribution in [0.25, 0.3) is 0 Å². The Labute approximate surface area is 130 Å². The van der Waals surface area contributed by atoms with Gasteiger partial charge in [0.1, 0.15) is 5.75 Å². The van der Waals surface area contributed by atoms with Gasteiger partial charge in [0.15, 0.2) is 5.54 Å². The van der Waals surface area contributed by atoms with E-state index in [1.807, 2.05) is 31.2 Å². The SMILES string of the molecule is COCC(C)(NC(=O)CC(C)c1ccc(OC)cc1)C(=O)O. The Morgan fingerprint density at radius 2 is 1.86 bits per heavy atom. The number of carbonyl (C=O) groups excluding carboxylic acids is 1. The highest BCUT2D eigenvalue weighted by Crippen LogP contribution is 2.22. The molecule has 6 heteroatoms. The third-order valence-corrected chi connectivity index (χ3v) is 3.50. The fourth-order valence-electron chi connectivity index (χ4n) is 2.13. The Kier molecular flexibility index (Phi) is 6.37. The Bertz CT molecular complexity index is 514. The third-order valence-electron chi connectivity index (χ3n) is 3.50. The number of carbonyl (C=O) groups is 2. The monoisotopic (exact) mass is 309 g/mol. The van der Waals surface area contributed by atoms with Crippen molar-refractivity contribution in [3.05, 3.63) is 29.8 Å². The summed E-state index contributed by atoms with van der Waals surface area (Å²) in [5.74, 6) is -0.740. The normalized spacial score (nSPS) is 14.7. The summed E-state index contributed by atoms with van der Waals surface area (Å²) in [6, 6.07) is 7.44. The minimum atomic E-state index is -1.43. The maximum atomic E-state index is 12.1. The van der Waals surface area contributed by atoms with Crippen LogP contribution in [0.1, 0.15) is 31.7 Å². The van der Waals surface area contributed by atoms with Gasteiger partial charge in [-0.15, -0.1) is 0 Å². The molecule has 1 amide bonds. The molecule has 0 saturated heterocycles. The number of benzene rings is 1. The predicted octanol–water partition coefficient (Wildman–Crippen LogP) is 1.79. The van der Waals surface area contributed by atoms with Crippen LogP contribution in [0.15, 0.2) is 24.3 Å². The van der Waals surface area contributed by atoms with E-state index in [-0.39, 0.29) is 24.9 Å². The van der Waals surface area contributed by atoms with E-state index in [1.54, 1.807) is 7.11 Å². The molecule has 6 nitrogen and oxygen atoms in total. The van der Waals surface area contributed by atoms with Crippen molar-refractivity contribution in [1.82, 2.24) is 5.32 Å². The molecule has 0 fully saturated rings. The number of ether oxygens (including phenoxy) is 2. The van der Waals surface area contributed by atoms with Gasteiger partial charge in [-0.2, -0.15) is 0 Å².